The fraction of sp³-hybridized carbons (Fsp3) is 0.708. The Morgan fingerprint density at radius 1 is 1.13 bits per heavy atom. The third-order valence-corrected chi connectivity index (χ3v) is 5.87. The molecule has 2 aliphatic rings. The lowest BCUT2D eigenvalue weighted by Crippen LogP contribution is -2.43. The Labute approximate surface area is 188 Å². The summed E-state index contributed by atoms with van der Waals surface area (Å²) in [6, 6.07) is 8.90. The maximum atomic E-state index is 5.73. The molecule has 2 heterocycles. The van der Waals surface area contributed by atoms with Gasteiger partial charge < -0.3 is 25.0 Å². The second-order valence-electron chi connectivity index (χ2n) is 8.58. The first kappa shape index (κ1) is 24.0. The molecule has 1 unspecified atom stereocenters. The number of rotatable bonds is 11. The Morgan fingerprint density at radius 2 is 1.90 bits per heavy atom. The molecule has 2 N–H and O–H groups in total. The second kappa shape index (κ2) is 13.7. The first-order valence-electron chi connectivity index (χ1n) is 11.9. The Bertz CT molecular complexity index is 638. The van der Waals surface area contributed by atoms with Crippen molar-refractivity contribution in [3.8, 4) is 0 Å². The summed E-state index contributed by atoms with van der Waals surface area (Å²) in [6.45, 7) is 12.5. The Kier molecular flexibility index (Phi) is 10.6. The minimum absolute atomic E-state index is 0.305. The van der Waals surface area contributed by atoms with E-state index in [1.165, 1.54) is 11.1 Å². The van der Waals surface area contributed by atoms with Crippen LogP contribution in [-0.4, -0.2) is 88.0 Å². The molecule has 2 saturated heterocycles. The van der Waals surface area contributed by atoms with Gasteiger partial charge in [0.15, 0.2) is 5.96 Å². The molecule has 0 spiro atoms. The van der Waals surface area contributed by atoms with Gasteiger partial charge in [0.1, 0.15) is 0 Å². The molecule has 0 aromatic heterocycles. The van der Waals surface area contributed by atoms with E-state index in [4.69, 9.17) is 14.5 Å². The average molecular weight is 432 g/mol. The number of piperazine rings is 1. The number of benzene rings is 1. The minimum atomic E-state index is 0.305. The highest BCUT2D eigenvalue weighted by atomic mass is 16.5. The van der Waals surface area contributed by atoms with Gasteiger partial charge in [0.2, 0.25) is 0 Å². The van der Waals surface area contributed by atoms with Gasteiger partial charge in [0.05, 0.1) is 19.3 Å². The van der Waals surface area contributed by atoms with Crippen LogP contribution in [-0.2, 0) is 22.6 Å². The SMILES string of the molecule is CCNC(=NCc1ccc(CN2CCN(C)CC2)cc1)NCCCOCC1CCCO1. The number of guanidine groups is 1. The normalized spacial score (nSPS) is 20.8. The van der Waals surface area contributed by atoms with Crippen molar-refractivity contribution in [1.82, 2.24) is 20.4 Å². The highest BCUT2D eigenvalue weighted by Gasteiger charge is 2.15. The largest absolute Gasteiger partial charge is 0.379 e. The Hall–Kier alpha value is -1.67. The van der Waals surface area contributed by atoms with Gasteiger partial charge in [0.25, 0.3) is 0 Å². The summed E-state index contributed by atoms with van der Waals surface area (Å²) in [5, 5.41) is 6.73. The third-order valence-electron chi connectivity index (χ3n) is 5.87. The highest BCUT2D eigenvalue weighted by Crippen LogP contribution is 2.12. The van der Waals surface area contributed by atoms with Crippen molar-refractivity contribution < 1.29 is 9.47 Å². The van der Waals surface area contributed by atoms with Crippen LogP contribution < -0.4 is 10.6 Å². The molecule has 1 atom stereocenters. The van der Waals surface area contributed by atoms with Crippen molar-refractivity contribution in [3.05, 3.63) is 35.4 Å². The maximum Gasteiger partial charge on any atom is 0.191 e. The average Bonchev–Trinajstić information content (AvgIpc) is 3.30. The molecule has 0 aliphatic carbocycles. The van der Waals surface area contributed by atoms with Gasteiger partial charge >= 0.3 is 0 Å². The molecule has 0 bridgehead atoms. The van der Waals surface area contributed by atoms with E-state index in [0.29, 0.717) is 12.6 Å². The molecule has 1 aromatic carbocycles. The molecule has 31 heavy (non-hydrogen) atoms. The van der Waals surface area contributed by atoms with E-state index in [0.717, 1.165) is 90.9 Å². The summed E-state index contributed by atoms with van der Waals surface area (Å²) in [5.74, 6) is 0.864. The van der Waals surface area contributed by atoms with E-state index in [2.05, 4.69) is 58.7 Å². The first-order chi connectivity index (χ1) is 15.2. The number of nitrogens with one attached hydrogen (secondary N) is 2. The molecule has 7 heteroatoms. The minimum Gasteiger partial charge on any atom is -0.379 e. The van der Waals surface area contributed by atoms with Crippen LogP contribution in [0.2, 0.25) is 0 Å². The van der Waals surface area contributed by atoms with E-state index in [1.54, 1.807) is 0 Å². The van der Waals surface area contributed by atoms with Crippen LogP contribution in [0.3, 0.4) is 0 Å². The van der Waals surface area contributed by atoms with Crippen LogP contribution in [0.5, 0.6) is 0 Å². The predicted octanol–water partition coefficient (Wildman–Crippen LogP) is 2.07. The molecule has 0 radical (unpaired) electrons. The number of hydrogen-bond donors (Lipinski definition) is 2. The summed E-state index contributed by atoms with van der Waals surface area (Å²) in [7, 11) is 2.20. The summed E-state index contributed by atoms with van der Waals surface area (Å²) < 4.78 is 11.3. The lowest BCUT2D eigenvalue weighted by molar-refractivity contribution is 0.0168. The zero-order valence-corrected chi connectivity index (χ0v) is 19.4. The van der Waals surface area contributed by atoms with Crippen LogP contribution in [0, 0.1) is 0 Å². The lowest BCUT2D eigenvalue weighted by Gasteiger charge is -2.32. The van der Waals surface area contributed by atoms with Gasteiger partial charge in [-0.3, -0.25) is 4.90 Å². The predicted molar refractivity (Wildman–Crippen MR) is 126 cm³/mol. The van der Waals surface area contributed by atoms with Crippen LogP contribution in [0.1, 0.15) is 37.3 Å². The zero-order chi connectivity index (χ0) is 21.7. The van der Waals surface area contributed by atoms with Crippen molar-refractivity contribution in [2.45, 2.75) is 45.4 Å². The van der Waals surface area contributed by atoms with Gasteiger partial charge in [-0.05, 0) is 44.4 Å². The molecule has 1 aromatic rings. The molecule has 0 amide bonds. The zero-order valence-electron chi connectivity index (χ0n) is 19.4. The number of aliphatic imine (C=N–C) groups is 1. The Balaban J connectivity index is 1.34. The molecule has 2 fully saturated rings. The summed E-state index contributed by atoms with van der Waals surface area (Å²) in [6.07, 6.45) is 3.56. The fourth-order valence-corrected chi connectivity index (χ4v) is 3.90. The number of likely N-dealkylation sites (N-methyl/N-ethyl adjacent to an activating group) is 1. The molecule has 174 valence electrons. The van der Waals surface area contributed by atoms with E-state index in [1.807, 2.05) is 0 Å². The summed E-state index contributed by atoms with van der Waals surface area (Å²) in [4.78, 5) is 9.66. The number of hydrogen-bond acceptors (Lipinski definition) is 5. The third kappa shape index (κ3) is 9.15. The van der Waals surface area contributed by atoms with E-state index in [9.17, 15) is 0 Å². The maximum absolute atomic E-state index is 5.73. The molecular weight excluding hydrogens is 390 g/mol. The molecule has 3 rings (SSSR count). The molecule has 2 aliphatic heterocycles. The van der Waals surface area contributed by atoms with E-state index >= 15 is 0 Å². The van der Waals surface area contributed by atoms with Gasteiger partial charge in [-0.1, -0.05) is 24.3 Å². The van der Waals surface area contributed by atoms with E-state index in [-0.39, 0.29) is 0 Å². The number of ether oxygens (including phenoxy) is 2. The van der Waals surface area contributed by atoms with Gasteiger partial charge in [-0.2, -0.15) is 0 Å². The van der Waals surface area contributed by atoms with Crippen LogP contribution in [0.4, 0.5) is 0 Å². The van der Waals surface area contributed by atoms with Gasteiger partial charge in [-0.15, -0.1) is 0 Å². The van der Waals surface area contributed by atoms with Gasteiger partial charge in [-0.25, -0.2) is 4.99 Å². The van der Waals surface area contributed by atoms with Crippen molar-refractivity contribution in [1.29, 1.82) is 0 Å². The molecular formula is C24H41N5O2. The Morgan fingerprint density at radius 3 is 2.61 bits per heavy atom. The van der Waals surface area contributed by atoms with Crippen molar-refractivity contribution in [3.63, 3.8) is 0 Å². The monoisotopic (exact) mass is 431 g/mol. The first-order valence-corrected chi connectivity index (χ1v) is 11.9. The molecule has 0 saturated carbocycles. The standard InChI is InChI=1S/C24H41N5O2/c1-3-25-24(26-11-5-16-30-20-23-6-4-17-31-23)27-18-21-7-9-22(10-8-21)19-29-14-12-28(2)13-15-29/h7-10,23H,3-6,11-20H2,1-2H3,(H2,25,26,27). The number of nitrogens with zero attached hydrogens (tertiary/aromatic N) is 3. The quantitative estimate of drug-likeness (QED) is 0.318. The topological polar surface area (TPSA) is 61.4 Å². The molecule has 7 nitrogen and oxygen atoms in total. The lowest BCUT2D eigenvalue weighted by atomic mass is 10.1. The van der Waals surface area contributed by atoms with Crippen LogP contribution in [0.15, 0.2) is 29.3 Å². The fourth-order valence-electron chi connectivity index (χ4n) is 3.90. The van der Waals surface area contributed by atoms with Crippen LogP contribution in [0.25, 0.3) is 0 Å². The smallest absolute Gasteiger partial charge is 0.191 e. The summed E-state index contributed by atoms with van der Waals surface area (Å²) in [5.41, 5.74) is 2.62. The van der Waals surface area contributed by atoms with Crippen LogP contribution >= 0.6 is 0 Å². The van der Waals surface area contributed by atoms with Gasteiger partial charge in [0, 0.05) is 59.0 Å². The van der Waals surface area contributed by atoms with Crippen molar-refractivity contribution in [2.24, 2.45) is 4.99 Å². The van der Waals surface area contributed by atoms with Crippen molar-refractivity contribution in [2.75, 3.05) is 66.1 Å². The highest BCUT2D eigenvalue weighted by molar-refractivity contribution is 5.79. The summed E-state index contributed by atoms with van der Waals surface area (Å²) >= 11 is 0. The second-order valence-corrected chi connectivity index (χ2v) is 8.58. The van der Waals surface area contributed by atoms with E-state index < -0.39 is 0 Å². The van der Waals surface area contributed by atoms with Crippen molar-refractivity contribution >= 4 is 5.96 Å².